The van der Waals surface area contributed by atoms with Crippen LogP contribution in [-0.2, 0) is 25.9 Å². The Morgan fingerprint density at radius 2 is 2.00 bits per heavy atom. The molecule has 3 heterocycles. The molecule has 0 atom stereocenters. The van der Waals surface area contributed by atoms with E-state index >= 15 is 0 Å². The summed E-state index contributed by atoms with van der Waals surface area (Å²) in [5.74, 6) is -0.159. The van der Waals surface area contributed by atoms with Crippen molar-refractivity contribution in [1.29, 1.82) is 0 Å². The van der Waals surface area contributed by atoms with Crippen molar-refractivity contribution in [3.05, 3.63) is 76.0 Å². The minimum atomic E-state index is -0.159. The van der Waals surface area contributed by atoms with Gasteiger partial charge in [-0.2, -0.15) is 0 Å². The number of hydrogen-bond acceptors (Lipinski definition) is 3. The van der Waals surface area contributed by atoms with E-state index in [0.29, 0.717) is 0 Å². The predicted octanol–water partition coefficient (Wildman–Crippen LogP) is 5.13. The number of rotatable bonds is 4. The summed E-state index contributed by atoms with van der Waals surface area (Å²) in [4.78, 5) is 7.14. The average molecular weight is 392 g/mol. The lowest BCUT2D eigenvalue weighted by Crippen LogP contribution is -2.27. The second-order valence-electron chi connectivity index (χ2n) is 7.47. The molecule has 5 rings (SSSR count). The molecule has 142 valence electrons. The number of aryl methyl sites for hydroxylation is 2. The predicted molar refractivity (Wildman–Crippen MR) is 113 cm³/mol. The summed E-state index contributed by atoms with van der Waals surface area (Å²) in [5, 5.41) is 4.34. The molecule has 1 aliphatic rings. The summed E-state index contributed by atoms with van der Waals surface area (Å²) in [6.07, 6.45) is 1.90. The number of halogens is 1. The second kappa shape index (κ2) is 7.15. The minimum absolute atomic E-state index is 0.159. The lowest BCUT2D eigenvalue weighted by atomic mass is 10.0. The van der Waals surface area contributed by atoms with E-state index in [1.807, 2.05) is 24.3 Å². The van der Waals surface area contributed by atoms with Crippen LogP contribution in [0.1, 0.15) is 16.3 Å². The zero-order valence-electron chi connectivity index (χ0n) is 15.9. The number of fused-ring (bicyclic) bond motifs is 3. The summed E-state index contributed by atoms with van der Waals surface area (Å²) in [6, 6.07) is 15.5. The Kier molecular flexibility index (Phi) is 4.49. The number of benzene rings is 2. The number of aromatic nitrogens is 2. The van der Waals surface area contributed by atoms with Gasteiger partial charge in [-0.15, -0.1) is 11.3 Å². The number of thiazole rings is 1. The van der Waals surface area contributed by atoms with Crippen molar-refractivity contribution in [2.45, 2.75) is 25.9 Å². The Morgan fingerprint density at radius 3 is 2.86 bits per heavy atom. The summed E-state index contributed by atoms with van der Waals surface area (Å²) in [5.41, 5.74) is 5.99. The molecule has 0 radical (unpaired) electrons. The van der Waals surface area contributed by atoms with Gasteiger partial charge in [0.2, 0.25) is 0 Å². The number of nitrogens with zero attached hydrogens (tertiary/aromatic N) is 3. The van der Waals surface area contributed by atoms with Gasteiger partial charge in [0.1, 0.15) is 5.82 Å². The second-order valence-corrected chi connectivity index (χ2v) is 8.41. The highest BCUT2D eigenvalue weighted by Crippen LogP contribution is 2.32. The third kappa shape index (κ3) is 3.15. The molecular weight excluding hydrogens is 369 g/mol. The molecule has 0 saturated carbocycles. The molecule has 0 spiro atoms. The smallest absolute Gasteiger partial charge is 0.123 e. The van der Waals surface area contributed by atoms with E-state index in [1.54, 1.807) is 23.5 Å². The van der Waals surface area contributed by atoms with Gasteiger partial charge in [-0.25, -0.2) is 9.37 Å². The van der Waals surface area contributed by atoms with Gasteiger partial charge in [0, 0.05) is 60.0 Å². The lowest BCUT2D eigenvalue weighted by Gasteiger charge is -2.24. The van der Waals surface area contributed by atoms with E-state index < -0.39 is 0 Å². The van der Waals surface area contributed by atoms with Crippen molar-refractivity contribution in [3.8, 4) is 11.3 Å². The Balaban J connectivity index is 1.45. The normalized spacial score (nSPS) is 14.5. The van der Waals surface area contributed by atoms with Crippen LogP contribution in [-0.4, -0.2) is 28.0 Å². The van der Waals surface area contributed by atoms with Gasteiger partial charge in [0.25, 0.3) is 0 Å². The summed E-state index contributed by atoms with van der Waals surface area (Å²) < 4.78 is 16.3. The minimum Gasteiger partial charge on any atom is -0.344 e. The quantitative estimate of drug-likeness (QED) is 0.481. The van der Waals surface area contributed by atoms with Crippen LogP contribution in [0.15, 0.2) is 53.9 Å². The van der Waals surface area contributed by atoms with E-state index in [0.717, 1.165) is 59.6 Å². The van der Waals surface area contributed by atoms with Crippen LogP contribution in [0.3, 0.4) is 0 Å². The first-order valence-electron chi connectivity index (χ1n) is 9.67. The van der Waals surface area contributed by atoms with Crippen LogP contribution in [0.2, 0.25) is 0 Å². The molecule has 0 unspecified atom stereocenters. The molecule has 4 aromatic rings. The van der Waals surface area contributed by atoms with E-state index in [9.17, 15) is 4.39 Å². The first-order valence-corrected chi connectivity index (χ1v) is 10.5. The monoisotopic (exact) mass is 391 g/mol. The molecule has 0 fully saturated rings. The lowest BCUT2D eigenvalue weighted by molar-refractivity contribution is 0.309. The number of hydrogen-bond donors (Lipinski definition) is 0. The molecule has 0 N–H and O–H groups in total. The first-order chi connectivity index (χ1) is 13.7. The van der Waals surface area contributed by atoms with Gasteiger partial charge in [-0.05, 0) is 30.8 Å². The number of likely N-dealkylation sites (N-methyl/N-ethyl adjacent to an activating group) is 1. The maximum atomic E-state index is 13.9. The van der Waals surface area contributed by atoms with Crippen molar-refractivity contribution in [2.75, 3.05) is 13.6 Å². The fraction of sp³-hybridized carbons (Fsp3) is 0.261. The van der Waals surface area contributed by atoms with Crippen molar-refractivity contribution in [2.24, 2.45) is 0 Å². The highest BCUT2D eigenvalue weighted by atomic mass is 32.1. The van der Waals surface area contributed by atoms with Crippen LogP contribution in [0.25, 0.3) is 22.2 Å². The standard InChI is InChI=1S/C23H22FN3S/c1-26-11-9-22-19(14-26)18-13-17(24)7-8-21(18)27(22)12-10-23-25-20(15-28-23)16-5-3-2-4-6-16/h2-8,13,15H,9-12,14H2,1H3. The average Bonchev–Trinajstić information content (AvgIpc) is 3.30. The Labute approximate surface area is 168 Å². The van der Waals surface area contributed by atoms with Gasteiger partial charge < -0.3 is 9.47 Å². The molecular formula is C23H22FN3S. The first kappa shape index (κ1) is 17.6. The molecule has 0 bridgehead atoms. The Bertz CT molecular complexity index is 1130. The maximum absolute atomic E-state index is 13.9. The van der Waals surface area contributed by atoms with Gasteiger partial charge in [-0.1, -0.05) is 30.3 Å². The third-order valence-electron chi connectivity index (χ3n) is 5.58. The fourth-order valence-corrected chi connectivity index (χ4v) is 4.98. The molecule has 0 aliphatic carbocycles. The highest BCUT2D eigenvalue weighted by Gasteiger charge is 2.22. The maximum Gasteiger partial charge on any atom is 0.123 e. The molecule has 1 aliphatic heterocycles. The van der Waals surface area contributed by atoms with Gasteiger partial charge >= 0.3 is 0 Å². The largest absolute Gasteiger partial charge is 0.344 e. The van der Waals surface area contributed by atoms with E-state index in [-0.39, 0.29) is 5.82 Å². The van der Waals surface area contributed by atoms with Crippen molar-refractivity contribution >= 4 is 22.2 Å². The summed E-state index contributed by atoms with van der Waals surface area (Å²) >= 11 is 1.72. The van der Waals surface area contributed by atoms with Crippen LogP contribution in [0.4, 0.5) is 4.39 Å². The van der Waals surface area contributed by atoms with E-state index in [4.69, 9.17) is 4.98 Å². The molecule has 28 heavy (non-hydrogen) atoms. The van der Waals surface area contributed by atoms with Crippen molar-refractivity contribution in [3.63, 3.8) is 0 Å². The van der Waals surface area contributed by atoms with Gasteiger partial charge in [-0.3, -0.25) is 0 Å². The van der Waals surface area contributed by atoms with Crippen molar-refractivity contribution in [1.82, 2.24) is 14.5 Å². The van der Waals surface area contributed by atoms with Crippen LogP contribution < -0.4 is 0 Å². The van der Waals surface area contributed by atoms with Crippen LogP contribution >= 0.6 is 11.3 Å². The molecule has 3 nitrogen and oxygen atoms in total. The van der Waals surface area contributed by atoms with Gasteiger partial charge in [0.05, 0.1) is 10.7 Å². The zero-order valence-corrected chi connectivity index (χ0v) is 16.7. The molecule has 0 amide bonds. The van der Waals surface area contributed by atoms with E-state index in [2.05, 4.69) is 34.0 Å². The van der Waals surface area contributed by atoms with Crippen molar-refractivity contribution < 1.29 is 4.39 Å². The SMILES string of the molecule is CN1CCc2c(c3cc(F)ccc3n2CCc2nc(-c3ccccc3)cs2)C1. The molecule has 0 saturated heterocycles. The van der Waals surface area contributed by atoms with Crippen LogP contribution in [0, 0.1) is 5.82 Å². The molecule has 5 heteroatoms. The zero-order chi connectivity index (χ0) is 19.1. The summed E-state index contributed by atoms with van der Waals surface area (Å²) in [7, 11) is 2.13. The molecule has 2 aromatic carbocycles. The topological polar surface area (TPSA) is 21.1 Å². The van der Waals surface area contributed by atoms with E-state index in [1.165, 1.54) is 11.3 Å². The molecule has 2 aromatic heterocycles. The Hall–Kier alpha value is -2.50. The van der Waals surface area contributed by atoms with Gasteiger partial charge in [0.15, 0.2) is 0 Å². The third-order valence-corrected chi connectivity index (χ3v) is 6.49. The highest BCUT2D eigenvalue weighted by molar-refractivity contribution is 7.09. The summed E-state index contributed by atoms with van der Waals surface area (Å²) in [6.45, 7) is 2.81. The fourth-order valence-electron chi connectivity index (χ4n) is 4.19. The van der Waals surface area contributed by atoms with Crippen LogP contribution in [0.5, 0.6) is 0 Å². The Morgan fingerprint density at radius 1 is 1.14 bits per heavy atom.